The summed E-state index contributed by atoms with van der Waals surface area (Å²) in [6, 6.07) is 0. The number of carbonyl (C=O) groups excluding carboxylic acids is 2. The number of amides is 2. The lowest BCUT2D eigenvalue weighted by Gasteiger charge is -2.37. The smallest absolute Gasteiger partial charge is 0.410 e. The van der Waals surface area contributed by atoms with Crippen molar-refractivity contribution in [3.8, 4) is 0 Å². The maximum absolute atomic E-state index is 12.4. The molecular formula is C19H35N5O4. The van der Waals surface area contributed by atoms with Crippen molar-refractivity contribution >= 4 is 18.0 Å². The van der Waals surface area contributed by atoms with Crippen LogP contribution in [0.15, 0.2) is 4.99 Å². The van der Waals surface area contributed by atoms with E-state index in [2.05, 4.69) is 15.2 Å². The molecule has 2 rings (SSSR count). The number of rotatable bonds is 4. The second-order valence-corrected chi connectivity index (χ2v) is 8.19. The Hall–Kier alpha value is -2.03. The number of piperazine rings is 1. The highest BCUT2D eigenvalue weighted by Crippen LogP contribution is 2.16. The summed E-state index contributed by atoms with van der Waals surface area (Å²) in [6.07, 6.45) is 1.19. The van der Waals surface area contributed by atoms with E-state index in [1.807, 2.05) is 25.7 Å². The average Bonchev–Trinajstić information content (AvgIpc) is 3.18. The monoisotopic (exact) mass is 397 g/mol. The van der Waals surface area contributed by atoms with Crippen molar-refractivity contribution in [2.45, 2.75) is 45.3 Å². The van der Waals surface area contributed by atoms with E-state index >= 15 is 0 Å². The van der Waals surface area contributed by atoms with Crippen molar-refractivity contribution in [1.29, 1.82) is 0 Å². The zero-order valence-electron chi connectivity index (χ0n) is 17.9. The van der Waals surface area contributed by atoms with Crippen LogP contribution in [0, 0.1) is 0 Å². The Kier molecular flexibility index (Phi) is 7.91. The fraction of sp³-hybridized carbons (Fsp3) is 0.842. The number of nitrogens with one attached hydrogen (secondary N) is 1. The standard InChI is InChI=1S/C19H35N5O4/c1-19(2,3)28-18(26)22(5)9-8-21-17(20-4)24-12-10-23(11-13-24)16(25)15-7-6-14-27-15/h15H,6-14H2,1-5H3,(H,20,21). The SMILES string of the molecule is CN=C(NCCN(C)C(=O)OC(C)(C)C)N1CCN(C(=O)C2CCCO2)CC1. The van der Waals surface area contributed by atoms with Gasteiger partial charge in [0.1, 0.15) is 11.7 Å². The molecule has 2 heterocycles. The van der Waals surface area contributed by atoms with Gasteiger partial charge in [0.15, 0.2) is 5.96 Å². The molecule has 0 aromatic heterocycles. The van der Waals surface area contributed by atoms with Crippen molar-refractivity contribution in [3.63, 3.8) is 0 Å². The van der Waals surface area contributed by atoms with Crippen LogP contribution in [-0.4, -0.2) is 104 Å². The molecule has 0 aromatic rings. The molecule has 0 radical (unpaired) electrons. The van der Waals surface area contributed by atoms with E-state index in [4.69, 9.17) is 9.47 Å². The predicted octanol–water partition coefficient (Wildman–Crippen LogP) is 0.752. The van der Waals surface area contributed by atoms with Crippen LogP contribution in [-0.2, 0) is 14.3 Å². The Morgan fingerprint density at radius 2 is 1.86 bits per heavy atom. The van der Waals surface area contributed by atoms with Gasteiger partial charge in [0, 0.05) is 60.0 Å². The van der Waals surface area contributed by atoms with Crippen LogP contribution in [0.3, 0.4) is 0 Å². The Balaban J connectivity index is 1.72. The van der Waals surface area contributed by atoms with Crippen LogP contribution in [0.5, 0.6) is 0 Å². The number of likely N-dealkylation sites (N-methyl/N-ethyl adjacent to an activating group) is 1. The molecule has 2 amide bonds. The van der Waals surface area contributed by atoms with Crippen molar-refractivity contribution in [1.82, 2.24) is 20.0 Å². The number of aliphatic imine (C=N–C) groups is 1. The fourth-order valence-electron chi connectivity index (χ4n) is 3.21. The molecule has 9 nitrogen and oxygen atoms in total. The van der Waals surface area contributed by atoms with E-state index in [-0.39, 0.29) is 18.1 Å². The summed E-state index contributed by atoms with van der Waals surface area (Å²) in [7, 11) is 3.46. The first-order chi connectivity index (χ1) is 13.2. The zero-order chi connectivity index (χ0) is 20.7. The first-order valence-corrected chi connectivity index (χ1v) is 10.0. The normalized spacial score (nSPS) is 20.9. The molecule has 2 fully saturated rings. The minimum absolute atomic E-state index is 0.110. The highest BCUT2D eigenvalue weighted by atomic mass is 16.6. The lowest BCUT2D eigenvalue weighted by atomic mass is 10.2. The number of nitrogens with zero attached hydrogens (tertiary/aromatic N) is 4. The topological polar surface area (TPSA) is 86.7 Å². The van der Waals surface area contributed by atoms with E-state index < -0.39 is 5.60 Å². The molecule has 0 spiro atoms. The van der Waals surface area contributed by atoms with E-state index in [0.717, 1.165) is 31.9 Å². The number of hydrogen-bond acceptors (Lipinski definition) is 5. The van der Waals surface area contributed by atoms with E-state index in [9.17, 15) is 9.59 Å². The Morgan fingerprint density at radius 3 is 2.39 bits per heavy atom. The van der Waals surface area contributed by atoms with E-state index in [1.165, 1.54) is 0 Å². The molecule has 1 atom stereocenters. The third kappa shape index (κ3) is 6.54. The summed E-state index contributed by atoms with van der Waals surface area (Å²) in [4.78, 5) is 34.3. The summed E-state index contributed by atoms with van der Waals surface area (Å²) in [6.45, 7) is 10.1. The molecule has 9 heteroatoms. The van der Waals surface area contributed by atoms with Gasteiger partial charge < -0.3 is 29.5 Å². The fourth-order valence-corrected chi connectivity index (χ4v) is 3.21. The lowest BCUT2D eigenvalue weighted by Crippen LogP contribution is -2.55. The predicted molar refractivity (Wildman–Crippen MR) is 107 cm³/mol. The van der Waals surface area contributed by atoms with Gasteiger partial charge in [-0.05, 0) is 33.6 Å². The van der Waals surface area contributed by atoms with Gasteiger partial charge in [-0.25, -0.2) is 4.79 Å². The van der Waals surface area contributed by atoms with Crippen molar-refractivity contribution in [2.24, 2.45) is 4.99 Å². The summed E-state index contributed by atoms with van der Waals surface area (Å²) < 4.78 is 10.9. The van der Waals surface area contributed by atoms with Gasteiger partial charge in [-0.15, -0.1) is 0 Å². The second-order valence-electron chi connectivity index (χ2n) is 8.19. The number of hydrogen-bond donors (Lipinski definition) is 1. The second kappa shape index (κ2) is 9.95. The van der Waals surface area contributed by atoms with E-state index in [0.29, 0.717) is 32.8 Å². The van der Waals surface area contributed by atoms with Gasteiger partial charge in [-0.1, -0.05) is 0 Å². The van der Waals surface area contributed by atoms with Gasteiger partial charge in [-0.3, -0.25) is 9.79 Å². The van der Waals surface area contributed by atoms with Gasteiger partial charge in [0.25, 0.3) is 5.91 Å². The zero-order valence-corrected chi connectivity index (χ0v) is 17.9. The molecule has 28 heavy (non-hydrogen) atoms. The summed E-state index contributed by atoms with van der Waals surface area (Å²) in [5.41, 5.74) is -0.505. The van der Waals surface area contributed by atoms with Crippen LogP contribution in [0.25, 0.3) is 0 Å². The average molecular weight is 398 g/mol. The minimum atomic E-state index is -0.505. The van der Waals surface area contributed by atoms with Crippen LogP contribution >= 0.6 is 0 Å². The number of guanidine groups is 1. The molecule has 0 bridgehead atoms. The maximum atomic E-state index is 12.4. The highest BCUT2D eigenvalue weighted by Gasteiger charge is 2.31. The van der Waals surface area contributed by atoms with Crippen LogP contribution in [0.2, 0.25) is 0 Å². The quantitative estimate of drug-likeness (QED) is 0.557. The Morgan fingerprint density at radius 1 is 1.21 bits per heavy atom. The molecule has 2 aliphatic rings. The van der Waals surface area contributed by atoms with Gasteiger partial charge >= 0.3 is 6.09 Å². The van der Waals surface area contributed by atoms with Crippen LogP contribution in [0.1, 0.15) is 33.6 Å². The summed E-state index contributed by atoms with van der Waals surface area (Å²) in [5, 5.41) is 3.29. The van der Waals surface area contributed by atoms with Gasteiger partial charge in [-0.2, -0.15) is 0 Å². The summed E-state index contributed by atoms with van der Waals surface area (Å²) in [5.74, 6) is 0.890. The lowest BCUT2D eigenvalue weighted by molar-refractivity contribution is -0.142. The van der Waals surface area contributed by atoms with Crippen LogP contribution in [0.4, 0.5) is 4.79 Å². The van der Waals surface area contributed by atoms with Crippen molar-refractivity contribution in [2.75, 3.05) is 60.0 Å². The molecule has 2 aliphatic heterocycles. The van der Waals surface area contributed by atoms with Crippen LogP contribution < -0.4 is 5.32 Å². The van der Waals surface area contributed by atoms with Crippen molar-refractivity contribution in [3.05, 3.63) is 0 Å². The van der Waals surface area contributed by atoms with E-state index in [1.54, 1.807) is 19.0 Å². The molecule has 1 N–H and O–H groups in total. The Labute approximate surface area is 168 Å². The number of ether oxygens (including phenoxy) is 2. The first-order valence-electron chi connectivity index (χ1n) is 10.0. The molecular weight excluding hydrogens is 362 g/mol. The number of carbonyl (C=O) groups is 2. The van der Waals surface area contributed by atoms with Crippen molar-refractivity contribution < 1.29 is 19.1 Å². The first kappa shape index (κ1) is 22.3. The molecule has 160 valence electrons. The summed E-state index contributed by atoms with van der Waals surface area (Å²) >= 11 is 0. The molecule has 0 saturated carbocycles. The molecule has 0 aliphatic carbocycles. The molecule has 0 aromatic carbocycles. The Bertz CT molecular complexity index is 561. The highest BCUT2D eigenvalue weighted by molar-refractivity contribution is 5.82. The third-order valence-corrected chi connectivity index (χ3v) is 4.74. The maximum Gasteiger partial charge on any atom is 0.410 e. The van der Waals surface area contributed by atoms with Gasteiger partial charge in [0.2, 0.25) is 0 Å². The third-order valence-electron chi connectivity index (χ3n) is 4.74. The minimum Gasteiger partial charge on any atom is -0.444 e. The molecule has 1 unspecified atom stereocenters. The van der Waals surface area contributed by atoms with Gasteiger partial charge in [0.05, 0.1) is 0 Å². The molecule has 2 saturated heterocycles. The largest absolute Gasteiger partial charge is 0.444 e.